The van der Waals surface area contributed by atoms with Gasteiger partial charge >= 0.3 is 0 Å². The smallest absolute Gasteiger partial charge is 0.120 e. The fraction of sp³-hybridized carbons (Fsp3) is 0.273. The molecule has 3 nitrogen and oxygen atoms in total. The van der Waals surface area contributed by atoms with Crippen molar-refractivity contribution in [2.24, 2.45) is 0 Å². The van der Waals surface area contributed by atoms with Gasteiger partial charge < -0.3 is 9.67 Å². The van der Waals surface area contributed by atoms with Gasteiger partial charge in [-0.15, -0.1) is 0 Å². The van der Waals surface area contributed by atoms with Crippen molar-refractivity contribution in [3.05, 3.63) is 88.2 Å². The molecule has 0 aliphatic carbocycles. The Morgan fingerprint density at radius 1 is 1.08 bits per heavy atom. The van der Waals surface area contributed by atoms with Crippen molar-refractivity contribution in [3.63, 3.8) is 0 Å². The topological polar surface area (TPSA) is 28.4 Å². The molecule has 3 aromatic rings. The minimum absolute atomic E-state index is 0.159. The number of fused-ring (bicyclic) bond motifs is 1. The molecular weight excluding hydrogens is 344 g/mol. The van der Waals surface area contributed by atoms with Crippen LogP contribution in [-0.4, -0.2) is 21.1 Å². The van der Waals surface area contributed by atoms with Gasteiger partial charge in [-0.05, 0) is 49.2 Å². The van der Waals surface area contributed by atoms with Crippen LogP contribution in [0.2, 0.25) is 5.02 Å². The highest BCUT2D eigenvalue weighted by Gasteiger charge is 2.27. The predicted octanol–water partition coefficient (Wildman–Crippen LogP) is 5.15. The van der Waals surface area contributed by atoms with E-state index < -0.39 is 0 Å². The maximum Gasteiger partial charge on any atom is 0.120 e. The molecule has 2 aromatic carbocycles. The molecule has 1 aromatic heterocycles. The quantitative estimate of drug-likeness (QED) is 0.694. The zero-order valence-corrected chi connectivity index (χ0v) is 15.7. The highest BCUT2D eigenvalue weighted by Crippen LogP contribution is 2.34. The fourth-order valence-electron chi connectivity index (χ4n) is 3.84. The van der Waals surface area contributed by atoms with Crippen LogP contribution in [-0.2, 0) is 13.1 Å². The number of phenolic OH excluding ortho intramolecular Hbond substituents is 1. The van der Waals surface area contributed by atoms with Crippen molar-refractivity contribution >= 4 is 11.6 Å². The Kier molecular flexibility index (Phi) is 4.75. The summed E-state index contributed by atoms with van der Waals surface area (Å²) in [6.45, 7) is 4.76. The van der Waals surface area contributed by atoms with E-state index in [4.69, 9.17) is 11.6 Å². The van der Waals surface area contributed by atoms with Crippen LogP contribution in [0, 0.1) is 6.92 Å². The second kappa shape index (κ2) is 7.18. The second-order valence-corrected chi connectivity index (χ2v) is 7.47. The van der Waals surface area contributed by atoms with Crippen molar-refractivity contribution in [2.75, 3.05) is 6.54 Å². The maximum atomic E-state index is 10.3. The Balaban J connectivity index is 1.75. The largest absolute Gasteiger partial charge is 0.508 e. The molecule has 0 saturated carbocycles. The highest BCUT2D eigenvalue weighted by atomic mass is 35.5. The van der Waals surface area contributed by atoms with Crippen LogP contribution in [0.25, 0.3) is 0 Å². The zero-order valence-electron chi connectivity index (χ0n) is 14.9. The number of nitrogens with zero attached hydrogens (tertiary/aromatic N) is 2. The number of halogens is 1. The van der Waals surface area contributed by atoms with E-state index in [2.05, 4.69) is 59.0 Å². The van der Waals surface area contributed by atoms with Gasteiger partial charge in [0, 0.05) is 42.1 Å². The molecule has 134 valence electrons. The normalized spacial score (nSPS) is 17.7. The van der Waals surface area contributed by atoms with Gasteiger partial charge in [0.25, 0.3) is 0 Å². The molecule has 0 spiro atoms. The maximum absolute atomic E-state index is 10.3. The van der Waals surface area contributed by atoms with E-state index >= 15 is 0 Å². The van der Waals surface area contributed by atoms with Crippen LogP contribution < -0.4 is 0 Å². The molecule has 4 rings (SSSR count). The van der Waals surface area contributed by atoms with Crippen molar-refractivity contribution in [2.45, 2.75) is 32.5 Å². The van der Waals surface area contributed by atoms with E-state index in [0.717, 1.165) is 25.1 Å². The van der Waals surface area contributed by atoms with E-state index in [-0.39, 0.29) is 6.04 Å². The van der Waals surface area contributed by atoms with Crippen LogP contribution in [0.1, 0.15) is 34.8 Å². The van der Waals surface area contributed by atoms with Crippen LogP contribution in [0.4, 0.5) is 0 Å². The van der Waals surface area contributed by atoms with Gasteiger partial charge in [-0.2, -0.15) is 0 Å². The third-order valence-electron chi connectivity index (χ3n) is 5.16. The number of benzene rings is 2. The summed E-state index contributed by atoms with van der Waals surface area (Å²) in [5.74, 6) is 0.302. The van der Waals surface area contributed by atoms with Gasteiger partial charge in [0.2, 0.25) is 0 Å². The lowest BCUT2D eigenvalue weighted by Crippen LogP contribution is -2.29. The lowest BCUT2D eigenvalue weighted by molar-refractivity contribution is 0.218. The molecule has 0 bridgehead atoms. The average molecular weight is 367 g/mol. The first-order chi connectivity index (χ1) is 12.6. The molecular formula is C22H23ClN2O. The third kappa shape index (κ3) is 3.37. The molecule has 0 fully saturated rings. The Morgan fingerprint density at radius 3 is 2.69 bits per heavy atom. The summed E-state index contributed by atoms with van der Waals surface area (Å²) in [4.78, 5) is 2.44. The minimum Gasteiger partial charge on any atom is -0.508 e. The molecule has 0 unspecified atom stereocenters. The first-order valence-electron chi connectivity index (χ1n) is 9.05. The van der Waals surface area contributed by atoms with Crippen molar-refractivity contribution in [3.8, 4) is 5.75 Å². The zero-order chi connectivity index (χ0) is 18.1. The SMILES string of the molecule is Cc1ccc([C@@H]2c3cccn3CCCN2Cc2cc(Cl)ccc2O)cc1. The summed E-state index contributed by atoms with van der Waals surface area (Å²) >= 11 is 6.17. The molecule has 1 atom stereocenters. The Labute approximate surface area is 159 Å². The van der Waals surface area contributed by atoms with Gasteiger partial charge in [0.15, 0.2) is 0 Å². The number of aromatic hydroxyl groups is 1. The summed E-state index contributed by atoms with van der Waals surface area (Å²) in [7, 11) is 0. The summed E-state index contributed by atoms with van der Waals surface area (Å²) < 4.78 is 2.35. The number of hydrogen-bond donors (Lipinski definition) is 1. The first kappa shape index (κ1) is 17.2. The highest BCUT2D eigenvalue weighted by molar-refractivity contribution is 6.30. The second-order valence-electron chi connectivity index (χ2n) is 7.04. The van der Waals surface area contributed by atoms with Crippen LogP contribution >= 0.6 is 11.6 Å². The number of hydrogen-bond acceptors (Lipinski definition) is 2. The summed E-state index contributed by atoms with van der Waals surface area (Å²) in [6, 6.07) is 18.5. The van der Waals surface area contributed by atoms with E-state index in [1.165, 1.54) is 16.8 Å². The van der Waals surface area contributed by atoms with Crippen molar-refractivity contribution < 1.29 is 5.11 Å². The van der Waals surface area contributed by atoms with Crippen LogP contribution in [0.5, 0.6) is 5.75 Å². The molecule has 0 amide bonds. The van der Waals surface area contributed by atoms with Gasteiger partial charge in [-0.3, -0.25) is 4.90 Å². The monoisotopic (exact) mass is 366 g/mol. The fourth-order valence-corrected chi connectivity index (χ4v) is 4.03. The standard InChI is InChI=1S/C22H23ClN2O/c1-16-5-7-17(8-6-16)22-20-4-2-11-24(20)12-3-13-25(22)15-18-14-19(23)9-10-21(18)26/h2,4-11,14,22,26H,3,12-13,15H2,1H3/t22-/m1/s1. The lowest BCUT2D eigenvalue weighted by Gasteiger charge is -2.31. The molecule has 0 radical (unpaired) electrons. The summed E-state index contributed by atoms with van der Waals surface area (Å²) in [5.41, 5.74) is 4.71. The number of rotatable bonds is 3. The Bertz CT molecular complexity index is 901. The van der Waals surface area contributed by atoms with Gasteiger partial charge in [-0.1, -0.05) is 41.4 Å². The Hall–Kier alpha value is -2.23. The molecule has 2 heterocycles. The first-order valence-corrected chi connectivity index (χ1v) is 9.42. The molecule has 26 heavy (non-hydrogen) atoms. The van der Waals surface area contributed by atoms with Crippen molar-refractivity contribution in [1.82, 2.24) is 9.47 Å². The van der Waals surface area contributed by atoms with E-state index in [9.17, 15) is 5.11 Å². The average Bonchev–Trinajstić information content (AvgIpc) is 3.01. The minimum atomic E-state index is 0.159. The number of aromatic nitrogens is 1. The third-order valence-corrected chi connectivity index (χ3v) is 5.40. The molecule has 0 saturated heterocycles. The molecule has 4 heteroatoms. The van der Waals surface area contributed by atoms with Gasteiger partial charge in [0.1, 0.15) is 5.75 Å². The van der Waals surface area contributed by atoms with Crippen molar-refractivity contribution in [1.29, 1.82) is 0 Å². The van der Waals surface area contributed by atoms with Crippen LogP contribution in [0.3, 0.4) is 0 Å². The van der Waals surface area contributed by atoms with E-state index in [0.29, 0.717) is 17.3 Å². The molecule has 1 N–H and O–H groups in total. The van der Waals surface area contributed by atoms with Gasteiger partial charge in [0.05, 0.1) is 6.04 Å². The number of phenols is 1. The Morgan fingerprint density at radius 2 is 1.88 bits per heavy atom. The predicted molar refractivity (Wildman–Crippen MR) is 106 cm³/mol. The van der Waals surface area contributed by atoms with E-state index in [1.54, 1.807) is 12.1 Å². The summed E-state index contributed by atoms with van der Waals surface area (Å²) in [6.07, 6.45) is 3.24. The number of aryl methyl sites for hydroxylation is 2. The van der Waals surface area contributed by atoms with Gasteiger partial charge in [-0.25, -0.2) is 0 Å². The molecule has 1 aliphatic rings. The molecule has 1 aliphatic heterocycles. The van der Waals surface area contributed by atoms with Crippen LogP contribution in [0.15, 0.2) is 60.8 Å². The van der Waals surface area contributed by atoms with E-state index in [1.807, 2.05) is 6.07 Å². The lowest BCUT2D eigenvalue weighted by atomic mass is 10.00. The summed E-state index contributed by atoms with van der Waals surface area (Å²) in [5, 5.41) is 10.9.